The highest BCUT2D eigenvalue weighted by Crippen LogP contribution is 2.48. The number of hydrogen-bond donors (Lipinski definition) is 1. The molecule has 0 amide bonds. The van der Waals surface area contributed by atoms with Gasteiger partial charge >= 0.3 is 6.01 Å². The Bertz CT molecular complexity index is 1840. The first-order valence-corrected chi connectivity index (χ1v) is 20.3. The standard InChI is InChI=1S/C38H51FN4O5Si/c1-9-25-12-10-13-26-18-27(47-24-45-6)19-28(30(25)26)32-31(39)33-29(20-40-32)34(43-17-11-14-37(5,44)21-43)42-35(41-33)46-22-38(15-16-38)23-48-49(7,8)36(2,3)4/h10,12-13,18-20,44H,9,11,14-17,21-24H2,1-8H3/t37-/m1/s1. The van der Waals surface area contributed by atoms with E-state index in [0.717, 1.165) is 42.0 Å². The minimum Gasteiger partial charge on any atom is -0.468 e. The number of piperidine rings is 1. The number of methoxy groups -OCH3 is 1. The number of β-amino-alcohol motifs (C(OH)–C–C–N with tert-alkyl or cyclic N) is 1. The maximum absolute atomic E-state index is 17.1. The number of aryl methyl sites for hydroxylation is 1. The van der Waals surface area contributed by atoms with Crippen molar-refractivity contribution in [1.82, 2.24) is 15.0 Å². The molecule has 0 unspecified atom stereocenters. The molecule has 4 aromatic rings. The summed E-state index contributed by atoms with van der Waals surface area (Å²) in [7, 11) is -0.376. The largest absolute Gasteiger partial charge is 0.468 e. The molecule has 1 N–H and O–H groups in total. The molecular weight excluding hydrogens is 640 g/mol. The summed E-state index contributed by atoms with van der Waals surface area (Å²) in [6.07, 6.45) is 5.85. The van der Waals surface area contributed by atoms with Crippen LogP contribution in [0, 0.1) is 11.2 Å². The van der Waals surface area contributed by atoms with Crippen molar-refractivity contribution in [2.75, 3.05) is 45.1 Å². The minimum absolute atomic E-state index is 0.0609. The van der Waals surface area contributed by atoms with E-state index in [1.54, 1.807) is 13.3 Å². The van der Waals surface area contributed by atoms with Crippen molar-refractivity contribution in [1.29, 1.82) is 0 Å². The third-order valence-corrected chi connectivity index (χ3v) is 15.1. The van der Waals surface area contributed by atoms with Crippen LogP contribution in [0.4, 0.5) is 10.2 Å². The number of anilines is 1. The van der Waals surface area contributed by atoms with Gasteiger partial charge in [-0.1, -0.05) is 45.9 Å². The fourth-order valence-electron chi connectivity index (χ4n) is 6.36. The van der Waals surface area contributed by atoms with E-state index in [4.69, 9.17) is 33.6 Å². The molecule has 2 aromatic heterocycles. The quantitative estimate of drug-likeness (QED) is 0.117. The van der Waals surface area contributed by atoms with E-state index in [1.807, 2.05) is 36.1 Å². The molecule has 1 saturated heterocycles. The Morgan fingerprint density at radius 3 is 2.51 bits per heavy atom. The van der Waals surface area contributed by atoms with Crippen molar-refractivity contribution in [2.24, 2.45) is 5.41 Å². The van der Waals surface area contributed by atoms with Gasteiger partial charge < -0.3 is 28.6 Å². The van der Waals surface area contributed by atoms with E-state index >= 15 is 4.39 Å². The fourth-order valence-corrected chi connectivity index (χ4v) is 7.46. The second kappa shape index (κ2) is 13.4. The van der Waals surface area contributed by atoms with Crippen molar-refractivity contribution < 1.29 is 28.1 Å². The zero-order valence-electron chi connectivity index (χ0n) is 30.3. The highest BCUT2D eigenvalue weighted by Gasteiger charge is 2.47. The van der Waals surface area contributed by atoms with Crippen LogP contribution in [0.5, 0.6) is 11.8 Å². The molecule has 0 spiro atoms. The first kappa shape index (κ1) is 35.4. The van der Waals surface area contributed by atoms with E-state index in [9.17, 15) is 5.11 Å². The van der Waals surface area contributed by atoms with Crippen molar-refractivity contribution >= 4 is 35.8 Å². The molecule has 3 heterocycles. The Balaban J connectivity index is 1.43. The molecule has 1 saturated carbocycles. The number of halogens is 1. The van der Waals surface area contributed by atoms with Gasteiger partial charge in [-0.3, -0.25) is 4.98 Å². The van der Waals surface area contributed by atoms with Crippen LogP contribution < -0.4 is 14.4 Å². The maximum Gasteiger partial charge on any atom is 0.319 e. The van der Waals surface area contributed by atoms with E-state index in [2.05, 4.69) is 46.9 Å². The fraction of sp³-hybridized carbons (Fsp3) is 0.553. The van der Waals surface area contributed by atoms with Crippen LogP contribution >= 0.6 is 0 Å². The molecule has 264 valence electrons. The highest BCUT2D eigenvalue weighted by atomic mass is 28.4. The smallest absolute Gasteiger partial charge is 0.319 e. The monoisotopic (exact) mass is 690 g/mol. The van der Waals surface area contributed by atoms with Gasteiger partial charge in [0, 0.05) is 44.0 Å². The lowest BCUT2D eigenvalue weighted by atomic mass is 9.94. The van der Waals surface area contributed by atoms with Crippen molar-refractivity contribution in [3.63, 3.8) is 0 Å². The lowest BCUT2D eigenvalue weighted by molar-refractivity contribution is 0.0447. The van der Waals surface area contributed by atoms with Crippen LogP contribution in [0.25, 0.3) is 32.9 Å². The summed E-state index contributed by atoms with van der Waals surface area (Å²) in [5, 5.41) is 13.4. The van der Waals surface area contributed by atoms with Crippen molar-refractivity contribution in [2.45, 2.75) is 90.5 Å². The molecule has 0 bridgehead atoms. The third-order valence-electron chi connectivity index (χ3n) is 10.6. The Hall–Kier alpha value is -3.38. The summed E-state index contributed by atoms with van der Waals surface area (Å²) >= 11 is 0. The van der Waals surface area contributed by atoms with Crippen LogP contribution in [-0.4, -0.2) is 74.2 Å². The molecule has 1 aliphatic heterocycles. The van der Waals surface area contributed by atoms with E-state index < -0.39 is 19.7 Å². The molecule has 1 aliphatic carbocycles. The number of aromatic nitrogens is 3. The number of rotatable bonds is 12. The van der Waals surface area contributed by atoms with E-state index in [0.29, 0.717) is 55.2 Å². The Labute approximate surface area is 290 Å². The maximum atomic E-state index is 17.1. The zero-order valence-corrected chi connectivity index (χ0v) is 31.3. The third kappa shape index (κ3) is 7.40. The second-order valence-corrected chi connectivity index (χ2v) is 20.6. The Kier molecular flexibility index (Phi) is 9.69. The second-order valence-electron chi connectivity index (χ2n) is 15.8. The predicted molar refractivity (Wildman–Crippen MR) is 194 cm³/mol. The first-order chi connectivity index (χ1) is 23.2. The highest BCUT2D eigenvalue weighted by molar-refractivity contribution is 6.74. The molecule has 49 heavy (non-hydrogen) atoms. The van der Waals surface area contributed by atoms with Crippen LogP contribution in [0.1, 0.15) is 65.9 Å². The summed E-state index contributed by atoms with van der Waals surface area (Å²) in [6, 6.07) is 9.91. The number of aliphatic hydroxyl groups is 1. The van der Waals surface area contributed by atoms with Gasteiger partial charge in [0.05, 0.1) is 17.6 Å². The number of ether oxygens (including phenoxy) is 3. The molecule has 0 radical (unpaired) electrons. The number of hydrogen-bond acceptors (Lipinski definition) is 9. The van der Waals surface area contributed by atoms with Crippen LogP contribution in [0.3, 0.4) is 0 Å². The topological polar surface area (TPSA) is 99.1 Å². The van der Waals surface area contributed by atoms with Crippen molar-refractivity contribution in [3.8, 4) is 23.0 Å². The van der Waals surface area contributed by atoms with Gasteiger partial charge in [-0.15, -0.1) is 0 Å². The molecule has 11 heteroatoms. The lowest BCUT2D eigenvalue weighted by Crippen LogP contribution is -2.46. The molecule has 2 aliphatic rings. The van der Waals surface area contributed by atoms with E-state index in [-0.39, 0.29) is 34.5 Å². The molecule has 6 rings (SSSR count). The Morgan fingerprint density at radius 1 is 1.06 bits per heavy atom. The Morgan fingerprint density at radius 2 is 1.84 bits per heavy atom. The van der Waals surface area contributed by atoms with Crippen LogP contribution in [0.2, 0.25) is 18.1 Å². The number of fused-ring (bicyclic) bond motifs is 2. The summed E-state index contributed by atoms with van der Waals surface area (Å²) in [5.74, 6) is 0.501. The van der Waals surface area contributed by atoms with E-state index in [1.165, 1.54) is 0 Å². The van der Waals surface area contributed by atoms with Gasteiger partial charge in [-0.25, -0.2) is 4.39 Å². The number of benzene rings is 2. The van der Waals surface area contributed by atoms with Gasteiger partial charge in [-0.2, -0.15) is 9.97 Å². The van der Waals surface area contributed by atoms with Gasteiger partial charge in [0.2, 0.25) is 0 Å². The van der Waals surface area contributed by atoms with Gasteiger partial charge in [-0.05, 0) is 85.6 Å². The summed E-state index contributed by atoms with van der Waals surface area (Å²) in [6.45, 7) is 17.2. The predicted octanol–water partition coefficient (Wildman–Crippen LogP) is 8.06. The molecule has 2 aromatic carbocycles. The average Bonchev–Trinajstić information content (AvgIpc) is 3.84. The average molecular weight is 691 g/mol. The molecule has 2 fully saturated rings. The van der Waals surface area contributed by atoms with Gasteiger partial charge in [0.25, 0.3) is 0 Å². The van der Waals surface area contributed by atoms with Gasteiger partial charge in [0.1, 0.15) is 22.8 Å². The SMILES string of the molecule is CCc1cccc2cc(OCOC)cc(-c3ncc4c(N5CCC[C@@](C)(O)C5)nc(OCC5(CO[Si](C)(C)C(C)(C)C)CC5)nc4c3F)c12. The number of pyridine rings is 1. The summed E-state index contributed by atoms with van der Waals surface area (Å²) in [4.78, 5) is 16.3. The minimum atomic E-state index is -1.94. The summed E-state index contributed by atoms with van der Waals surface area (Å²) in [5.41, 5.74) is 0.975. The van der Waals surface area contributed by atoms with Crippen molar-refractivity contribution in [3.05, 3.63) is 47.9 Å². The first-order valence-electron chi connectivity index (χ1n) is 17.4. The van der Waals surface area contributed by atoms with Crippen LogP contribution in [-0.2, 0) is 15.6 Å². The summed E-state index contributed by atoms with van der Waals surface area (Å²) < 4.78 is 41.0. The molecule has 9 nitrogen and oxygen atoms in total. The normalized spacial score (nSPS) is 19.4. The molecular formula is C38H51FN4O5Si. The van der Waals surface area contributed by atoms with Gasteiger partial charge in [0.15, 0.2) is 20.9 Å². The number of nitrogens with zero attached hydrogens (tertiary/aromatic N) is 4. The van der Waals surface area contributed by atoms with Crippen LogP contribution in [0.15, 0.2) is 36.5 Å². The lowest BCUT2D eigenvalue weighted by Gasteiger charge is -2.38. The molecule has 1 atom stereocenters. The zero-order chi connectivity index (χ0) is 35.2.